The predicted molar refractivity (Wildman–Crippen MR) is 119 cm³/mol. The van der Waals surface area contributed by atoms with Crippen LogP contribution in [0.2, 0.25) is 0 Å². The molecule has 166 valence electrons. The first-order valence-electron chi connectivity index (χ1n) is 10.8. The highest BCUT2D eigenvalue weighted by Gasteiger charge is 2.31. The quantitative estimate of drug-likeness (QED) is 0.552. The zero-order chi connectivity index (χ0) is 22.5. The number of hydrogen-bond donors (Lipinski definition) is 3. The second-order valence-electron chi connectivity index (χ2n) is 8.25. The van der Waals surface area contributed by atoms with E-state index in [0.717, 1.165) is 11.1 Å². The summed E-state index contributed by atoms with van der Waals surface area (Å²) in [5, 5.41) is 14.2. The molecule has 0 aromatic heterocycles. The number of hydrogen-bond acceptors (Lipinski definition) is 4. The summed E-state index contributed by atoms with van der Waals surface area (Å²) >= 11 is 0. The van der Waals surface area contributed by atoms with Gasteiger partial charge in [-0.1, -0.05) is 54.6 Å². The average molecular weight is 434 g/mol. The maximum atomic E-state index is 12.1. The zero-order valence-corrected chi connectivity index (χ0v) is 17.6. The van der Waals surface area contributed by atoms with Crippen LogP contribution in [0.25, 0.3) is 11.1 Å². The van der Waals surface area contributed by atoms with Crippen LogP contribution in [0.3, 0.4) is 0 Å². The summed E-state index contributed by atoms with van der Waals surface area (Å²) in [4.78, 5) is 34.7. The molecule has 2 aliphatic carbocycles. The number of carbonyl (C=O) groups excluding carboxylic acids is 2. The third-order valence-corrected chi connectivity index (χ3v) is 6.02. The molecule has 0 unspecified atom stereocenters. The minimum atomic E-state index is -0.806. The summed E-state index contributed by atoms with van der Waals surface area (Å²) in [6.07, 6.45) is 3.91. The van der Waals surface area contributed by atoms with Crippen molar-refractivity contribution >= 4 is 18.0 Å². The number of carboxylic acids is 1. The molecule has 7 heteroatoms. The Morgan fingerprint density at radius 1 is 1.00 bits per heavy atom. The highest BCUT2D eigenvalue weighted by molar-refractivity contribution is 5.88. The highest BCUT2D eigenvalue weighted by Crippen LogP contribution is 2.44. The summed E-state index contributed by atoms with van der Waals surface area (Å²) in [6.45, 7) is 0.416. The van der Waals surface area contributed by atoms with E-state index < -0.39 is 12.1 Å². The van der Waals surface area contributed by atoms with Crippen LogP contribution >= 0.6 is 0 Å². The Labute approximate surface area is 186 Å². The number of amides is 2. The number of ether oxygens (including phenoxy) is 1. The van der Waals surface area contributed by atoms with Gasteiger partial charge in [-0.15, -0.1) is 0 Å². The van der Waals surface area contributed by atoms with Gasteiger partial charge >= 0.3 is 12.1 Å². The smallest absolute Gasteiger partial charge is 0.407 e. The SMILES string of the molecule is O=C(O)CC1CC(NC(=O)/C=C/CNC(=O)OCC2c3ccccc3-c3ccccc32)C1. The third-order valence-electron chi connectivity index (χ3n) is 6.02. The molecule has 3 N–H and O–H groups in total. The standard InChI is InChI=1S/C25H26N2O5/c28-23(27-17-12-16(13-17)14-24(29)30)10-5-11-26-25(31)32-15-22-20-8-3-1-6-18(20)19-7-2-4-9-21(19)22/h1-10,16-17,22H,11-15H2,(H,26,31)(H,27,28)(H,29,30)/b10-5+. The number of fused-ring (bicyclic) bond motifs is 3. The van der Waals surface area contributed by atoms with Gasteiger partial charge in [0, 0.05) is 31.0 Å². The molecule has 2 amide bonds. The van der Waals surface area contributed by atoms with Gasteiger partial charge in [0.1, 0.15) is 6.61 Å². The molecule has 0 heterocycles. The fraction of sp³-hybridized carbons (Fsp3) is 0.320. The number of benzene rings is 2. The zero-order valence-electron chi connectivity index (χ0n) is 17.6. The monoisotopic (exact) mass is 434 g/mol. The molecular formula is C25H26N2O5. The molecule has 0 bridgehead atoms. The van der Waals surface area contributed by atoms with Crippen LogP contribution in [0, 0.1) is 5.92 Å². The third kappa shape index (κ3) is 4.99. The topological polar surface area (TPSA) is 105 Å². The molecular weight excluding hydrogens is 408 g/mol. The Bertz CT molecular complexity index is 997. The van der Waals surface area contributed by atoms with Crippen molar-refractivity contribution in [2.45, 2.75) is 31.2 Å². The summed E-state index contributed by atoms with van der Waals surface area (Å²) in [5.41, 5.74) is 4.65. The molecule has 0 spiro atoms. The Kier molecular flexibility index (Phi) is 6.54. The molecule has 2 aromatic carbocycles. The van der Waals surface area contributed by atoms with Crippen molar-refractivity contribution in [1.82, 2.24) is 10.6 Å². The van der Waals surface area contributed by atoms with Gasteiger partial charge in [-0.3, -0.25) is 9.59 Å². The molecule has 1 saturated carbocycles. The van der Waals surface area contributed by atoms with E-state index in [2.05, 4.69) is 34.9 Å². The van der Waals surface area contributed by atoms with E-state index in [4.69, 9.17) is 9.84 Å². The lowest BCUT2D eigenvalue weighted by Crippen LogP contribution is -2.44. The minimum absolute atomic E-state index is 0.00176. The van der Waals surface area contributed by atoms with Crippen LogP contribution in [0.15, 0.2) is 60.7 Å². The van der Waals surface area contributed by atoms with Crippen molar-refractivity contribution in [3.8, 4) is 11.1 Å². The first kappa shape index (κ1) is 21.6. The number of alkyl carbamates (subject to hydrolysis) is 1. The molecule has 4 rings (SSSR count). The molecule has 1 fully saturated rings. The van der Waals surface area contributed by atoms with Crippen LogP contribution in [0.5, 0.6) is 0 Å². The first-order valence-corrected chi connectivity index (χ1v) is 10.8. The van der Waals surface area contributed by atoms with Crippen LogP contribution in [-0.4, -0.2) is 42.3 Å². The maximum absolute atomic E-state index is 12.1. The molecule has 0 radical (unpaired) electrons. The van der Waals surface area contributed by atoms with Crippen LogP contribution in [0.4, 0.5) is 4.79 Å². The first-order chi connectivity index (χ1) is 15.5. The molecule has 32 heavy (non-hydrogen) atoms. The number of rotatable bonds is 8. The minimum Gasteiger partial charge on any atom is -0.481 e. The van der Waals surface area contributed by atoms with E-state index in [0.29, 0.717) is 12.8 Å². The van der Waals surface area contributed by atoms with E-state index in [1.54, 1.807) is 6.08 Å². The number of nitrogens with one attached hydrogen (secondary N) is 2. The Morgan fingerprint density at radius 3 is 2.25 bits per heavy atom. The van der Waals surface area contributed by atoms with Gasteiger partial charge in [0.25, 0.3) is 0 Å². The second kappa shape index (κ2) is 9.68. The van der Waals surface area contributed by atoms with Crippen molar-refractivity contribution in [3.05, 3.63) is 71.8 Å². The fourth-order valence-electron chi connectivity index (χ4n) is 4.47. The maximum Gasteiger partial charge on any atom is 0.407 e. The Hall–Kier alpha value is -3.61. The summed E-state index contributed by atoms with van der Waals surface area (Å²) < 4.78 is 5.45. The van der Waals surface area contributed by atoms with Crippen molar-refractivity contribution in [2.24, 2.45) is 5.92 Å². The summed E-state index contributed by atoms with van der Waals surface area (Å²) in [5.74, 6) is -0.920. The highest BCUT2D eigenvalue weighted by atomic mass is 16.5. The largest absolute Gasteiger partial charge is 0.481 e. The number of carbonyl (C=O) groups is 3. The number of aliphatic carboxylic acids is 1. The van der Waals surface area contributed by atoms with Gasteiger partial charge in [0.15, 0.2) is 0 Å². The second-order valence-corrected chi connectivity index (χ2v) is 8.25. The summed E-state index contributed by atoms with van der Waals surface area (Å²) in [6, 6.07) is 16.3. The van der Waals surface area contributed by atoms with Crippen molar-refractivity contribution in [3.63, 3.8) is 0 Å². The van der Waals surface area contributed by atoms with Gasteiger partial charge in [-0.05, 0) is 41.0 Å². The molecule has 0 saturated heterocycles. The van der Waals surface area contributed by atoms with E-state index >= 15 is 0 Å². The predicted octanol–water partition coefficient (Wildman–Crippen LogP) is 3.45. The van der Waals surface area contributed by atoms with Gasteiger partial charge in [-0.25, -0.2) is 4.79 Å². The van der Waals surface area contributed by atoms with Gasteiger partial charge in [0.05, 0.1) is 0 Å². The molecule has 0 aliphatic heterocycles. The van der Waals surface area contributed by atoms with E-state index in [1.807, 2.05) is 24.3 Å². The molecule has 2 aliphatic rings. The van der Waals surface area contributed by atoms with Crippen LogP contribution in [0.1, 0.15) is 36.3 Å². The lowest BCUT2D eigenvalue weighted by molar-refractivity contribution is -0.138. The van der Waals surface area contributed by atoms with Crippen LogP contribution in [-0.2, 0) is 14.3 Å². The van der Waals surface area contributed by atoms with E-state index in [1.165, 1.54) is 17.2 Å². The van der Waals surface area contributed by atoms with Gasteiger partial charge in [-0.2, -0.15) is 0 Å². The van der Waals surface area contributed by atoms with E-state index in [-0.39, 0.29) is 43.4 Å². The normalized spacial score (nSPS) is 19.0. The fourth-order valence-corrected chi connectivity index (χ4v) is 4.47. The van der Waals surface area contributed by atoms with Gasteiger partial charge in [0.2, 0.25) is 5.91 Å². The van der Waals surface area contributed by atoms with Crippen molar-refractivity contribution < 1.29 is 24.2 Å². The summed E-state index contributed by atoms with van der Waals surface area (Å²) in [7, 11) is 0. The Morgan fingerprint density at radius 2 is 1.62 bits per heavy atom. The lowest BCUT2D eigenvalue weighted by atomic mass is 9.78. The van der Waals surface area contributed by atoms with Crippen LogP contribution < -0.4 is 10.6 Å². The lowest BCUT2D eigenvalue weighted by Gasteiger charge is -2.34. The average Bonchev–Trinajstić information content (AvgIpc) is 3.07. The molecule has 2 aromatic rings. The molecule has 0 atom stereocenters. The van der Waals surface area contributed by atoms with Crippen molar-refractivity contribution in [1.29, 1.82) is 0 Å². The Balaban J connectivity index is 1.19. The molecule has 7 nitrogen and oxygen atoms in total. The van der Waals surface area contributed by atoms with Gasteiger partial charge < -0.3 is 20.5 Å². The number of carboxylic acid groups (broad SMARTS) is 1. The van der Waals surface area contributed by atoms with Crippen molar-refractivity contribution in [2.75, 3.05) is 13.2 Å². The van der Waals surface area contributed by atoms with E-state index in [9.17, 15) is 14.4 Å².